The smallest absolute Gasteiger partial charge is 0.336 e. The van der Waals surface area contributed by atoms with E-state index < -0.39 is 34.4 Å². The largest absolute Gasteiger partial charge is 0.478 e. The van der Waals surface area contributed by atoms with Gasteiger partial charge in [0.15, 0.2) is 0 Å². The Kier molecular flexibility index (Phi) is 4.34. The summed E-state index contributed by atoms with van der Waals surface area (Å²) in [5.41, 5.74) is -1.07. The van der Waals surface area contributed by atoms with E-state index in [9.17, 15) is 29.7 Å². The fourth-order valence-corrected chi connectivity index (χ4v) is 3.13. The van der Waals surface area contributed by atoms with E-state index in [0.717, 1.165) is 17.7 Å². The van der Waals surface area contributed by atoms with E-state index >= 15 is 0 Å². The maximum atomic E-state index is 11.8. The summed E-state index contributed by atoms with van der Waals surface area (Å²) >= 11 is 0. The molecule has 0 spiro atoms. The molecule has 6 nitrogen and oxygen atoms in total. The van der Waals surface area contributed by atoms with Crippen LogP contribution in [0.2, 0.25) is 0 Å². The fourth-order valence-electron chi connectivity index (χ4n) is 3.13. The first-order chi connectivity index (χ1) is 11.1. The highest BCUT2D eigenvalue weighted by atomic mass is 16.4. The van der Waals surface area contributed by atoms with Gasteiger partial charge in [-0.2, -0.15) is 0 Å². The number of benzene rings is 1. The summed E-state index contributed by atoms with van der Waals surface area (Å²) in [6.45, 7) is 5.45. The number of carboxylic acid groups (broad SMARTS) is 3. The normalized spacial score (nSPS) is 22.8. The van der Waals surface area contributed by atoms with Crippen LogP contribution in [0.5, 0.6) is 0 Å². The Morgan fingerprint density at radius 3 is 2.00 bits per heavy atom. The van der Waals surface area contributed by atoms with Gasteiger partial charge in [0.05, 0.1) is 16.7 Å². The topological polar surface area (TPSA) is 112 Å². The van der Waals surface area contributed by atoms with Gasteiger partial charge < -0.3 is 15.3 Å². The molecule has 0 aromatic heterocycles. The number of carboxylic acids is 3. The van der Waals surface area contributed by atoms with Crippen LogP contribution >= 0.6 is 0 Å². The Balaban J connectivity index is 2.92. The Morgan fingerprint density at radius 1 is 1.00 bits per heavy atom. The molecule has 0 radical (unpaired) electrons. The number of rotatable bonds is 4. The highest BCUT2D eigenvalue weighted by Gasteiger charge is 2.39. The molecule has 3 N–H and O–H groups in total. The van der Waals surface area contributed by atoms with Crippen molar-refractivity contribution in [1.82, 2.24) is 0 Å². The highest BCUT2D eigenvalue weighted by molar-refractivity contribution is 6.06. The predicted octanol–water partition coefficient (Wildman–Crippen LogP) is 3.19. The number of carbonyl (C=O) groups is 3. The van der Waals surface area contributed by atoms with Crippen LogP contribution in [0.25, 0.3) is 0 Å². The quantitative estimate of drug-likeness (QED) is 0.781. The molecule has 1 aromatic carbocycles. The van der Waals surface area contributed by atoms with Crippen molar-refractivity contribution >= 4 is 17.9 Å². The van der Waals surface area contributed by atoms with E-state index in [4.69, 9.17) is 0 Å². The molecule has 1 aromatic rings. The van der Waals surface area contributed by atoms with E-state index in [-0.39, 0.29) is 17.0 Å². The molecular formula is C18H18O6. The third kappa shape index (κ3) is 2.71. The van der Waals surface area contributed by atoms with Gasteiger partial charge in [0, 0.05) is 5.41 Å². The lowest BCUT2D eigenvalue weighted by molar-refractivity contribution is 0.0645. The van der Waals surface area contributed by atoms with Crippen LogP contribution in [-0.2, 0) is 5.41 Å². The Hall–Kier alpha value is -2.89. The number of allylic oxidation sites excluding steroid dienone is 4. The zero-order valence-electron chi connectivity index (χ0n) is 13.5. The minimum atomic E-state index is -1.46. The van der Waals surface area contributed by atoms with Crippen molar-refractivity contribution in [3.05, 3.63) is 58.2 Å². The minimum absolute atomic E-state index is 0.00917. The standard InChI is InChI=1S/C18H18O6/c1-9-6-7-18(3,10(2)8-9)14-12(16(21)22)5-4-11(15(19)20)13(14)17(23)24/h4-8,10H,1-3H3,(H,19,20)(H,21,22)(H,23,24). The fraction of sp³-hybridized carbons (Fsp3) is 0.278. The zero-order valence-corrected chi connectivity index (χ0v) is 13.5. The molecule has 0 heterocycles. The van der Waals surface area contributed by atoms with Crippen molar-refractivity contribution in [3.63, 3.8) is 0 Å². The van der Waals surface area contributed by atoms with E-state index in [1.54, 1.807) is 19.1 Å². The molecule has 2 atom stereocenters. The summed E-state index contributed by atoms with van der Waals surface area (Å²) in [5, 5.41) is 28.4. The second-order valence-corrected chi connectivity index (χ2v) is 6.14. The second-order valence-electron chi connectivity index (χ2n) is 6.14. The van der Waals surface area contributed by atoms with Gasteiger partial charge in [-0.25, -0.2) is 14.4 Å². The van der Waals surface area contributed by atoms with E-state index in [1.165, 1.54) is 0 Å². The van der Waals surface area contributed by atoms with Crippen LogP contribution in [0.3, 0.4) is 0 Å². The van der Waals surface area contributed by atoms with Gasteiger partial charge in [-0.1, -0.05) is 37.6 Å². The van der Waals surface area contributed by atoms with Crippen LogP contribution in [0.4, 0.5) is 0 Å². The molecule has 0 fully saturated rings. The molecule has 0 bridgehead atoms. The van der Waals surface area contributed by atoms with Crippen molar-refractivity contribution in [3.8, 4) is 0 Å². The van der Waals surface area contributed by atoms with Gasteiger partial charge in [-0.15, -0.1) is 0 Å². The van der Waals surface area contributed by atoms with E-state index in [1.807, 2.05) is 19.9 Å². The Bertz CT molecular complexity index is 802. The lowest BCUT2D eigenvalue weighted by atomic mass is 9.66. The lowest BCUT2D eigenvalue weighted by Crippen LogP contribution is -2.34. The van der Waals surface area contributed by atoms with E-state index in [0.29, 0.717) is 0 Å². The molecule has 2 unspecified atom stereocenters. The van der Waals surface area contributed by atoms with Crippen LogP contribution < -0.4 is 0 Å². The first kappa shape index (κ1) is 17.5. The van der Waals surface area contributed by atoms with Crippen molar-refractivity contribution in [2.24, 2.45) is 5.92 Å². The average molecular weight is 330 g/mol. The van der Waals surface area contributed by atoms with Crippen LogP contribution in [-0.4, -0.2) is 33.2 Å². The summed E-state index contributed by atoms with van der Waals surface area (Å²) in [7, 11) is 0. The van der Waals surface area contributed by atoms with E-state index in [2.05, 4.69) is 0 Å². The molecule has 6 heteroatoms. The maximum absolute atomic E-state index is 11.8. The van der Waals surface area contributed by atoms with Crippen molar-refractivity contribution in [2.75, 3.05) is 0 Å². The lowest BCUT2D eigenvalue weighted by Gasteiger charge is -2.37. The van der Waals surface area contributed by atoms with Gasteiger partial charge in [-0.05, 0) is 30.5 Å². The summed E-state index contributed by atoms with van der Waals surface area (Å²) < 4.78 is 0. The van der Waals surface area contributed by atoms with Crippen LogP contribution in [0, 0.1) is 5.92 Å². The summed E-state index contributed by atoms with van der Waals surface area (Å²) in [6, 6.07) is 2.19. The third-order valence-electron chi connectivity index (χ3n) is 4.57. The molecule has 126 valence electrons. The molecule has 24 heavy (non-hydrogen) atoms. The van der Waals surface area contributed by atoms with Gasteiger partial charge in [0.2, 0.25) is 0 Å². The molecule has 0 saturated carbocycles. The summed E-state index contributed by atoms with van der Waals surface area (Å²) in [4.78, 5) is 34.9. The molecular weight excluding hydrogens is 312 g/mol. The van der Waals surface area contributed by atoms with Gasteiger partial charge in [-0.3, -0.25) is 0 Å². The first-order valence-electron chi connectivity index (χ1n) is 7.34. The van der Waals surface area contributed by atoms with Crippen LogP contribution in [0.1, 0.15) is 57.4 Å². The average Bonchev–Trinajstić information content (AvgIpc) is 2.49. The SMILES string of the molecule is CC1=CC(C)C(C)(c2c(C(=O)O)ccc(C(=O)O)c2C(=O)O)C=C1. The molecule has 1 aliphatic carbocycles. The molecule has 0 saturated heterocycles. The van der Waals surface area contributed by atoms with Crippen molar-refractivity contribution in [1.29, 1.82) is 0 Å². The summed E-state index contributed by atoms with van der Waals surface area (Å²) in [6.07, 6.45) is 5.43. The molecule has 0 amide bonds. The minimum Gasteiger partial charge on any atom is -0.478 e. The third-order valence-corrected chi connectivity index (χ3v) is 4.57. The number of hydrogen-bond acceptors (Lipinski definition) is 3. The number of hydrogen-bond donors (Lipinski definition) is 3. The summed E-state index contributed by atoms with van der Waals surface area (Å²) in [5.74, 6) is -4.37. The van der Waals surface area contributed by atoms with Gasteiger partial charge in [0.1, 0.15) is 0 Å². The highest BCUT2D eigenvalue weighted by Crippen LogP contribution is 2.42. The second kappa shape index (κ2) is 5.96. The van der Waals surface area contributed by atoms with Crippen molar-refractivity contribution < 1.29 is 29.7 Å². The zero-order chi connectivity index (χ0) is 18.2. The monoisotopic (exact) mass is 330 g/mol. The predicted molar refractivity (Wildman–Crippen MR) is 86.7 cm³/mol. The van der Waals surface area contributed by atoms with Gasteiger partial charge >= 0.3 is 17.9 Å². The maximum Gasteiger partial charge on any atom is 0.336 e. The Labute approximate surface area is 138 Å². The molecule has 1 aliphatic rings. The molecule has 2 rings (SSSR count). The Morgan fingerprint density at radius 2 is 1.54 bits per heavy atom. The van der Waals surface area contributed by atoms with Gasteiger partial charge in [0.25, 0.3) is 0 Å². The van der Waals surface area contributed by atoms with Crippen molar-refractivity contribution in [2.45, 2.75) is 26.2 Å². The molecule has 0 aliphatic heterocycles. The first-order valence-corrected chi connectivity index (χ1v) is 7.34. The van der Waals surface area contributed by atoms with Crippen LogP contribution in [0.15, 0.2) is 35.9 Å². The number of aromatic carboxylic acids is 3.